The van der Waals surface area contributed by atoms with Crippen molar-refractivity contribution >= 4 is 21.6 Å². The summed E-state index contributed by atoms with van der Waals surface area (Å²) in [4.78, 5) is 11.7. The highest BCUT2D eigenvalue weighted by Crippen LogP contribution is 2.33. The molecule has 3 rings (SSSR count). The predicted molar refractivity (Wildman–Crippen MR) is 112 cm³/mol. The summed E-state index contributed by atoms with van der Waals surface area (Å²) in [5, 5.41) is 13.2. The number of nitrogens with zero attached hydrogens (tertiary/aromatic N) is 2. The molecular weight excluding hydrogens is 423 g/mol. The van der Waals surface area contributed by atoms with E-state index < -0.39 is 0 Å². The molecule has 2 aromatic carbocycles. The van der Waals surface area contributed by atoms with Crippen LogP contribution >= 0.6 is 15.9 Å². The van der Waals surface area contributed by atoms with Gasteiger partial charge < -0.3 is 9.77 Å². The van der Waals surface area contributed by atoms with Crippen LogP contribution in [-0.4, -0.2) is 15.5 Å². The summed E-state index contributed by atoms with van der Waals surface area (Å²) in [5.41, 5.74) is 3.77. The number of aryl methyl sites for hydroxylation is 2. The van der Waals surface area contributed by atoms with E-state index >= 15 is 0 Å². The number of oxime groups is 1. The van der Waals surface area contributed by atoms with Crippen molar-refractivity contribution in [2.24, 2.45) is 12.2 Å². The van der Waals surface area contributed by atoms with Crippen LogP contribution in [0.4, 0.5) is 4.39 Å². The van der Waals surface area contributed by atoms with Crippen LogP contribution in [0.15, 0.2) is 75.2 Å². The van der Waals surface area contributed by atoms with E-state index in [4.69, 9.17) is 0 Å². The summed E-state index contributed by atoms with van der Waals surface area (Å²) >= 11 is 3.45. The van der Waals surface area contributed by atoms with Gasteiger partial charge in [-0.3, -0.25) is 4.79 Å². The van der Waals surface area contributed by atoms with Gasteiger partial charge in [0.2, 0.25) is 5.56 Å². The highest BCUT2D eigenvalue weighted by molar-refractivity contribution is 9.10. The van der Waals surface area contributed by atoms with E-state index in [0.29, 0.717) is 17.7 Å². The SMILES string of the molecule is Cc1cc(F)ccc1C(C/C(=N/O)c1ccc(=O)n(C)c1)c1ccc(Br)cc1. The van der Waals surface area contributed by atoms with E-state index in [1.165, 1.54) is 22.8 Å². The molecule has 0 amide bonds. The van der Waals surface area contributed by atoms with Crippen LogP contribution in [0.1, 0.15) is 34.6 Å². The fraction of sp³-hybridized carbons (Fsp3) is 0.182. The van der Waals surface area contributed by atoms with E-state index in [1.807, 2.05) is 31.2 Å². The van der Waals surface area contributed by atoms with Crippen LogP contribution < -0.4 is 5.56 Å². The van der Waals surface area contributed by atoms with Crippen molar-refractivity contribution in [1.82, 2.24) is 4.57 Å². The maximum atomic E-state index is 13.6. The lowest BCUT2D eigenvalue weighted by Gasteiger charge is -2.21. The minimum absolute atomic E-state index is 0.139. The summed E-state index contributed by atoms with van der Waals surface area (Å²) in [7, 11) is 1.65. The number of benzene rings is 2. The third-order valence-electron chi connectivity index (χ3n) is 4.82. The monoisotopic (exact) mass is 442 g/mol. The first-order valence-electron chi connectivity index (χ1n) is 8.78. The number of hydrogen-bond acceptors (Lipinski definition) is 3. The average Bonchev–Trinajstić information content (AvgIpc) is 2.67. The molecule has 6 heteroatoms. The minimum Gasteiger partial charge on any atom is -0.411 e. The van der Waals surface area contributed by atoms with Crippen LogP contribution in [0.25, 0.3) is 0 Å². The molecule has 1 unspecified atom stereocenters. The van der Waals surface area contributed by atoms with Crippen molar-refractivity contribution in [1.29, 1.82) is 0 Å². The van der Waals surface area contributed by atoms with Crippen molar-refractivity contribution in [3.05, 3.63) is 104 Å². The molecule has 1 N–H and O–H groups in total. The molecule has 0 spiro atoms. The van der Waals surface area contributed by atoms with Crippen LogP contribution in [-0.2, 0) is 7.05 Å². The summed E-state index contributed by atoms with van der Waals surface area (Å²) in [5.74, 6) is -0.429. The topological polar surface area (TPSA) is 54.6 Å². The Morgan fingerprint density at radius 2 is 1.89 bits per heavy atom. The number of rotatable bonds is 5. The highest BCUT2D eigenvalue weighted by Gasteiger charge is 2.21. The molecule has 3 aromatic rings. The van der Waals surface area contributed by atoms with Crippen molar-refractivity contribution in [3.8, 4) is 0 Å². The smallest absolute Gasteiger partial charge is 0.250 e. The number of pyridine rings is 1. The van der Waals surface area contributed by atoms with Gasteiger partial charge in [0.05, 0.1) is 5.71 Å². The summed E-state index contributed by atoms with van der Waals surface area (Å²) in [6, 6.07) is 15.7. The molecule has 1 aromatic heterocycles. The Balaban J connectivity index is 2.06. The lowest BCUT2D eigenvalue weighted by atomic mass is 9.83. The molecule has 0 aliphatic carbocycles. The van der Waals surface area contributed by atoms with E-state index in [-0.39, 0.29) is 17.3 Å². The molecule has 4 nitrogen and oxygen atoms in total. The number of halogens is 2. The van der Waals surface area contributed by atoms with Crippen LogP contribution in [0.3, 0.4) is 0 Å². The Morgan fingerprint density at radius 3 is 2.50 bits per heavy atom. The van der Waals surface area contributed by atoms with Gasteiger partial charge in [-0.25, -0.2) is 4.39 Å². The second kappa shape index (κ2) is 8.52. The third kappa shape index (κ3) is 4.39. The van der Waals surface area contributed by atoms with Gasteiger partial charge in [-0.05, 0) is 53.9 Å². The fourth-order valence-corrected chi connectivity index (χ4v) is 3.57. The van der Waals surface area contributed by atoms with Crippen molar-refractivity contribution in [2.75, 3.05) is 0 Å². The van der Waals surface area contributed by atoms with Gasteiger partial charge in [-0.2, -0.15) is 0 Å². The summed E-state index contributed by atoms with van der Waals surface area (Å²) in [6.45, 7) is 1.87. The van der Waals surface area contributed by atoms with Gasteiger partial charge in [-0.15, -0.1) is 0 Å². The van der Waals surface area contributed by atoms with E-state index in [0.717, 1.165) is 21.2 Å². The van der Waals surface area contributed by atoms with Crippen LogP contribution in [0.5, 0.6) is 0 Å². The molecule has 1 atom stereocenters. The summed E-state index contributed by atoms with van der Waals surface area (Å²) < 4.78 is 16.0. The first-order valence-corrected chi connectivity index (χ1v) is 9.58. The quantitative estimate of drug-likeness (QED) is 0.343. The average molecular weight is 443 g/mol. The molecule has 0 aliphatic rings. The Kier molecular flexibility index (Phi) is 6.09. The van der Waals surface area contributed by atoms with Gasteiger partial charge in [-0.1, -0.05) is 39.3 Å². The van der Waals surface area contributed by atoms with Gasteiger partial charge in [0.25, 0.3) is 0 Å². The largest absolute Gasteiger partial charge is 0.411 e. The lowest BCUT2D eigenvalue weighted by molar-refractivity contribution is 0.317. The van der Waals surface area contributed by atoms with Crippen molar-refractivity contribution in [3.63, 3.8) is 0 Å². The van der Waals surface area contributed by atoms with Gasteiger partial charge in [0.1, 0.15) is 5.82 Å². The predicted octanol–water partition coefficient (Wildman–Crippen LogP) is 5.00. The molecule has 144 valence electrons. The molecule has 0 radical (unpaired) electrons. The van der Waals surface area contributed by atoms with E-state index in [2.05, 4.69) is 21.1 Å². The van der Waals surface area contributed by atoms with E-state index in [9.17, 15) is 14.4 Å². The molecule has 0 aliphatic heterocycles. The van der Waals surface area contributed by atoms with Crippen LogP contribution in [0, 0.1) is 12.7 Å². The third-order valence-corrected chi connectivity index (χ3v) is 5.35. The Bertz CT molecular complexity index is 1070. The van der Waals surface area contributed by atoms with Gasteiger partial charge in [0, 0.05) is 41.7 Å². The maximum Gasteiger partial charge on any atom is 0.250 e. The fourth-order valence-electron chi connectivity index (χ4n) is 3.31. The highest BCUT2D eigenvalue weighted by atomic mass is 79.9. The second-order valence-electron chi connectivity index (χ2n) is 6.72. The number of hydrogen-bond donors (Lipinski definition) is 1. The maximum absolute atomic E-state index is 13.6. The van der Waals surface area contributed by atoms with Crippen LogP contribution in [0.2, 0.25) is 0 Å². The minimum atomic E-state index is -0.287. The zero-order chi connectivity index (χ0) is 20.3. The molecule has 0 saturated heterocycles. The zero-order valence-electron chi connectivity index (χ0n) is 15.6. The number of aromatic nitrogens is 1. The first-order chi connectivity index (χ1) is 13.4. The molecule has 0 bridgehead atoms. The standard InChI is InChI=1S/C22H20BrFN2O2/c1-14-11-18(24)8-9-19(14)20(15-3-6-17(23)7-4-15)12-21(25-28)16-5-10-22(27)26(2)13-16/h3-11,13,20,28H,12H2,1-2H3/b25-21-. The zero-order valence-corrected chi connectivity index (χ0v) is 17.1. The Hall–Kier alpha value is -2.73. The van der Waals surface area contributed by atoms with Gasteiger partial charge >= 0.3 is 0 Å². The normalized spacial score (nSPS) is 12.8. The van der Waals surface area contributed by atoms with Crippen molar-refractivity contribution < 1.29 is 9.60 Å². The van der Waals surface area contributed by atoms with Gasteiger partial charge in [0.15, 0.2) is 0 Å². The van der Waals surface area contributed by atoms with Crippen molar-refractivity contribution in [2.45, 2.75) is 19.3 Å². The molecule has 1 heterocycles. The molecule has 0 fully saturated rings. The first kappa shape index (κ1) is 20.0. The summed E-state index contributed by atoms with van der Waals surface area (Å²) in [6.07, 6.45) is 2.04. The molecule has 28 heavy (non-hydrogen) atoms. The Labute approximate surface area is 171 Å². The van der Waals surface area contributed by atoms with E-state index in [1.54, 1.807) is 25.4 Å². The lowest BCUT2D eigenvalue weighted by Crippen LogP contribution is -2.18. The molecular formula is C22H20BrFN2O2. The molecule has 0 saturated carbocycles. The Morgan fingerprint density at radius 1 is 1.18 bits per heavy atom. The second-order valence-corrected chi connectivity index (χ2v) is 7.64.